The van der Waals surface area contributed by atoms with Gasteiger partial charge in [-0.15, -0.1) is 5.10 Å². The number of aryl methyl sites for hydroxylation is 2. The van der Waals surface area contributed by atoms with E-state index in [1.165, 1.54) is 23.9 Å². The van der Waals surface area contributed by atoms with Crippen LogP contribution < -0.4 is 5.32 Å². The number of benzene rings is 2. The molecule has 8 heteroatoms. The summed E-state index contributed by atoms with van der Waals surface area (Å²) in [6.45, 7) is 4.02. The minimum atomic E-state index is -0.175. The van der Waals surface area contributed by atoms with Crippen LogP contribution in [0.15, 0.2) is 47.6 Å². The first kappa shape index (κ1) is 17.0. The van der Waals surface area contributed by atoms with Crippen molar-refractivity contribution in [1.82, 2.24) is 20.2 Å². The van der Waals surface area contributed by atoms with Crippen LogP contribution in [0.25, 0.3) is 5.69 Å². The van der Waals surface area contributed by atoms with E-state index in [2.05, 4.69) is 26.9 Å². The van der Waals surface area contributed by atoms with E-state index in [0.29, 0.717) is 10.8 Å². The van der Waals surface area contributed by atoms with Crippen molar-refractivity contribution in [2.24, 2.45) is 0 Å². The smallest absolute Gasteiger partial charge is 0.234 e. The first-order chi connectivity index (χ1) is 12.0. The van der Waals surface area contributed by atoms with Crippen molar-refractivity contribution in [3.05, 3.63) is 53.6 Å². The van der Waals surface area contributed by atoms with Crippen LogP contribution in [0.3, 0.4) is 0 Å². The Hall–Kier alpha value is -2.87. The van der Waals surface area contributed by atoms with Gasteiger partial charge in [-0.2, -0.15) is 4.68 Å². The second-order valence-electron chi connectivity index (χ2n) is 5.55. The highest BCUT2D eigenvalue weighted by atomic mass is 32.2. The number of nitrogens with zero attached hydrogens (tertiary/aromatic N) is 4. The SMILES string of the molecule is Cc1ccc(-n2nnnc2SCC(=O)Nc2ccc(O)cc2)c(C)c1. The van der Waals surface area contributed by atoms with Gasteiger partial charge in [-0.3, -0.25) is 4.79 Å². The van der Waals surface area contributed by atoms with E-state index in [4.69, 9.17) is 0 Å². The summed E-state index contributed by atoms with van der Waals surface area (Å²) in [6, 6.07) is 12.3. The van der Waals surface area contributed by atoms with Crippen LogP contribution in [0.2, 0.25) is 0 Å². The van der Waals surface area contributed by atoms with Crippen LogP contribution in [0, 0.1) is 13.8 Å². The van der Waals surface area contributed by atoms with E-state index in [9.17, 15) is 9.90 Å². The lowest BCUT2D eigenvalue weighted by molar-refractivity contribution is -0.113. The minimum Gasteiger partial charge on any atom is -0.508 e. The average molecular weight is 355 g/mol. The van der Waals surface area contributed by atoms with E-state index in [1.807, 2.05) is 26.0 Å². The van der Waals surface area contributed by atoms with Gasteiger partial charge >= 0.3 is 0 Å². The number of phenols is 1. The maximum atomic E-state index is 12.1. The van der Waals surface area contributed by atoms with Crippen molar-refractivity contribution in [2.45, 2.75) is 19.0 Å². The predicted octanol–water partition coefficient (Wildman–Crippen LogP) is 2.72. The molecule has 0 aliphatic rings. The van der Waals surface area contributed by atoms with Gasteiger partial charge in [-0.1, -0.05) is 29.5 Å². The molecule has 0 aliphatic carbocycles. The first-order valence-electron chi connectivity index (χ1n) is 7.60. The Bertz CT molecular complexity index is 892. The highest BCUT2D eigenvalue weighted by Crippen LogP contribution is 2.22. The number of tetrazole rings is 1. The fourth-order valence-corrected chi connectivity index (χ4v) is 3.02. The largest absolute Gasteiger partial charge is 0.508 e. The maximum absolute atomic E-state index is 12.1. The standard InChI is InChI=1S/C17H17N5O2S/c1-11-3-8-15(12(2)9-11)22-17(19-20-21-22)25-10-16(24)18-13-4-6-14(23)7-5-13/h3-9,23H,10H2,1-2H3,(H,18,24). The Kier molecular flexibility index (Phi) is 4.99. The number of aromatic hydroxyl groups is 1. The molecule has 0 aliphatic heterocycles. The van der Waals surface area contributed by atoms with Gasteiger partial charge < -0.3 is 10.4 Å². The van der Waals surface area contributed by atoms with E-state index in [-0.39, 0.29) is 17.4 Å². The van der Waals surface area contributed by atoms with Crippen LogP contribution in [0.4, 0.5) is 5.69 Å². The zero-order valence-corrected chi connectivity index (χ0v) is 14.6. The summed E-state index contributed by atoms with van der Waals surface area (Å²) in [5, 5.41) is 24.3. The number of aromatic nitrogens is 4. The highest BCUT2D eigenvalue weighted by molar-refractivity contribution is 7.99. The molecule has 0 bridgehead atoms. The third-order valence-corrected chi connectivity index (χ3v) is 4.42. The van der Waals surface area contributed by atoms with Gasteiger partial charge in [-0.05, 0) is 60.2 Å². The third kappa shape index (κ3) is 4.16. The molecule has 7 nitrogen and oxygen atoms in total. The number of nitrogens with one attached hydrogen (secondary N) is 1. The number of hydrogen-bond acceptors (Lipinski definition) is 6. The zero-order valence-electron chi connectivity index (χ0n) is 13.8. The molecule has 1 aromatic heterocycles. The predicted molar refractivity (Wildman–Crippen MR) is 96.1 cm³/mol. The number of thioether (sulfide) groups is 1. The Balaban J connectivity index is 1.67. The van der Waals surface area contributed by atoms with E-state index >= 15 is 0 Å². The van der Waals surface area contributed by atoms with Gasteiger partial charge in [0, 0.05) is 5.69 Å². The van der Waals surface area contributed by atoms with Gasteiger partial charge in [0.05, 0.1) is 11.4 Å². The molecule has 0 saturated heterocycles. The molecule has 25 heavy (non-hydrogen) atoms. The van der Waals surface area contributed by atoms with Gasteiger partial charge in [0.15, 0.2) is 0 Å². The van der Waals surface area contributed by atoms with Crippen molar-refractivity contribution in [3.63, 3.8) is 0 Å². The maximum Gasteiger partial charge on any atom is 0.234 e. The molecule has 3 aromatic rings. The number of carbonyl (C=O) groups excluding carboxylic acids is 1. The second kappa shape index (κ2) is 7.35. The fraction of sp³-hybridized carbons (Fsp3) is 0.176. The monoisotopic (exact) mass is 355 g/mol. The Labute approximate surface area is 149 Å². The van der Waals surface area contributed by atoms with Gasteiger partial charge in [0.25, 0.3) is 0 Å². The third-order valence-electron chi connectivity index (χ3n) is 3.50. The highest BCUT2D eigenvalue weighted by Gasteiger charge is 2.13. The summed E-state index contributed by atoms with van der Waals surface area (Å²) in [5.41, 5.74) is 3.73. The topological polar surface area (TPSA) is 92.9 Å². The molecule has 0 spiro atoms. The Morgan fingerprint density at radius 2 is 1.96 bits per heavy atom. The quantitative estimate of drug-likeness (QED) is 0.540. The van der Waals surface area contributed by atoms with Gasteiger partial charge in [0.1, 0.15) is 5.75 Å². The molecular weight excluding hydrogens is 338 g/mol. The lowest BCUT2D eigenvalue weighted by Gasteiger charge is -2.08. The van der Waals surface area contributed by atoms with Crippen LogP contribution >= 0.6 is 11.8 Å². The molecule has 128 valence electrons. The number of hydrogen-bond donors (Lipinski definition) is 2. The Morgan fingerprint density at radius 3 is 2.68 bits per heavy atom. The van der Waals surface area contributed by atoms with E-state index < -0.39 is 0 Å². The molecule has 3 rings (SSSR count). The second-order valence-corrected chi connectivity index (χ2v) is 6.49. The zero-order chi connectivity index (χ0) is 17.8. The summed E-state index contributed by atoms with van der Waals surface area (Å²) in [6.07, 6.45) is 0. The number of phenolic OH excluding ortho intramolecular Hbond substituents is 1. The van der Waals surface area contributed by atoms with Crippen LogP contribution in [0.5, 0.6) is 5.75 Å². The number of carbonyl (C=O) groups is 1. The lowest BCUT2D eigenvalue weighted by atomic mass is 10.1. The summed E-state index contributed by atoms with van der Waals surface area (Å²) >= 11 is 1.26. The molecule has 0 saturated carbocycles. The molecule has 1 heterocycles. The molecule has 0 atom stereocenters. The molecule has 1 amide bonds. The van der Waals surface area contributed by atoms with Crippen LogP contribution in [0.1, 0.15) is 11.1 Å². The average Bonchev–Trinajstić information content (AvgIpc) is 3.03. The molecule has 0 unspecified atom stereocenters. The van der Waals surface area contributed by atoms with Crippen molar-refractivity contribution in [1.29, 1.82) is 0 Å². The van der Waals surface area contributed by atoms with Crippen LogP contribution in [-0.2, 0) is 4.79 Å². The van der Waals surface area contributed by atoms with Crippen molar-refractivity contribution >= 4 is 23.4 Å². The van der Waals surface area contributed by atoms with Crippen LogP contribution in [-0.4, -0.2) is 37.0 Å². The molecule has 0 radical (unpaired) electrons. The molecule has 2 aromatic carbocycles. The van der Waals surface area contributed by atoms with Gasteiger partial charge in [-0.25, -0.2) is 0 Å². The lowest BCUT2D eigenvalue weighted by Crippen LogP contribution is -2.14. The number of anilines is 1. The summed E-state index contributed by atoms with van der Waals surface area (Å²) in [7, 11) is 0. The van der Waals surface area contributed by atoms with Crippen molar-refractivity contribution < 1.29 is 9.90 Å². The molecule has 2 N–H and O–H groups in total. The van der Waals surface area contributed by atoms with Crippen molar-refractivity contribution in [3.8, 4) is 11.4 Å². The van der Waals surface area contributed by atoms with E-state index in [0.717, 1.165) is 16.8 Å². The Morgan fingerprint density at radius 1 is 1.20 bits per heavy atom. The summed E-state index contributed by atoms with van der Waals surface area (Å²) in [5.74, 6) is 0.150. The number of amides is 1. The summed E-state index contributed by atoms with van der Waals surface area (Å²) in [4.78, 5) is 12.1. The normalized spacial score (nSPS) is 10.6. The molecule has 0 fully saturated rings. The number of rotatable bonds is 5. The van der Waals surface area contributed by atoms with E-state index in [1.54, 1.807) is 16.8 Å². The van der Waals surface area contributed by atoms with Gasteiger partial charge in [0.2, 0.25) is 11.1 Å². The molecular formula is C17H17N5O2S. The van der Waals surface area contributed by atoms with Crippen molar-refractivity contribution in [2.75, 3.05) is 11.1 Å². The first-order valence-corrected chi connectivity index (χ1v) is 8.59. The fourth-order valence-electron chi connectivity index (χ4n) is 2.34. The minimum absolute atomic E-state index is 0.153. The summed E-state index contributed by atoms with van der Waals surface area (Å²) < 4.78 is 1.63.